The van der Waals surface area contributed by atoms with Gasteiger partial charge in [-0.25, -0.2) is 13.8 Å². The van der Waals surface area contributed by atoms with Gasteiger partial charge >= 0.3 is 0 Å². The minimum absolute atomic E-state index is 0.190. The van der Waals surface area contributed by atoms with Crippen molar-refractivity contribution in [2.45, 2.75) is 13.8 Å². The van der Waals surface area contributed by atoms with Crippen LogP contribution < -0.4 is 10.1 Å². The normalized spacial score (nSPS) is 10.8. The lowest BCUT2D eigenvalue weighted by Crippen LogP contribution is -2.17. The van der Waals surface area contributed by atoms with Crippen molar-refractivity contribution >= 4 is 11.7 Å². The number of methoxy groups -OCH3 is 1. The lowest BCUT2D eigenvalue weighted by molar-refractivity contribution is 0.102. The second-order valence-electron chi connectivity index (χ2n) is 6.65. The molecule has 0 radical (unpaired) electrons. The van der Waals surface area contributed by atoms with Crippen LogP contribution in [0.3, 0.4) is 0 Å². The zero-order chi connectivity index (χ0) is 21.3. The molecule has 0 aliphatic heterocycles. The minimum Gasteiger partial charge on any atom is -0.497 e. The topological polar surface area (TPSA) is 86.9 Å². The highest BCUT2D eigenvalue weighted by atomic mass is 19.1. The van der Waals surface area contributed by atoms with Crippen molar-refractivity contribution in [1.82, 2.24) is 24.8 Å². The van der Waals surface area contributed by atoms with Crippen LogP contribution in [0.4, 0.5) is 10.2 Å². The van der Waals surface area contributed by atoms with Crippen molar-refractivity contribution < 1.29 is 13.9 Å². The number of aryl methyl sites for hydroxylation is 1. The van der Waals surface area contributed by atoms with E-state index in [1.54, 1.807) is 56.0 Å². The van der Waals surface area contributed by atoms with E-state index >= 15 is 0 Å². The number of benzene rings is 2. The predicted molar refractivity (Wildman–Crippen MR) is 109 cm³/mol. The van der Waals surface area contributed by atoms with E-state index in [2.05, 4.69) is 20.7 Å². The number of carbonyl (C=O) groups is 1. The Morgan fingerprint density at radius 1 is 1.00 bits per heavy atom. The lowest BCUT2D eigenvalue weighted by Gasteiger charge is -2.08. The van der Waals surface area contributed by atoms with Gasteiger partial charge < -0.3 is 10.1 Å². The summed E-state index contributed by atoms with van der Waals surface area (Å²) in [5.74, 6) is 0.399. The largest absolute Gasteiger partial charge is 0.497 e. The molecule has 30 heavy (non-hydrogen) atoms. The number of hydrogen-bond donors (Lipinski definition) is 1. The summed E-state index contributed by atoms with van der Waals surface area (Å²) in [6, 6.07) is 14.8. The van der Waals surface area contributed by atoms with E-state index in [9.17, 15) is 9.18 Å². The summed E-state index contributed by atoms with van der Waals surface area (Å²) in [7, 11) is 1.59. The molecular weight excluding hydrogens is 387 g/mol. The molecule has 0 saturated heterocycles. The van der Waals surface area contributed by atoms with E-state index in [-0.39, 0.29) is 11.5 Å². The molecule has 2 aromatic carbocycles. The quantitative estimate of drug-likeness (QED) is 0.548. The third-order valence-electron chi connectivity index (χ3n) is 4.57. The van der Waals surface area contributed by atoms with Crippen LogP contribution in [0, 0.1) is 19.7 Å². The Balaban J connectivity index is 1.61. The minimum atomic E-state index is -0.421. The number of nitrogens with zero attached hydrogens (tertiary/aromatic N) is 5. The Morgan fingerprint density at radius 3 is 2.30 bits per heavy atom. The van der Waals surface area contributed by atoms with E-state index in [4.69, 9.17) is 4.74 Å². The first-order valence-electron chi connectivity index (χ1n) is 9.17. The average molecular weight is 406 g/mol. The molecule has 0 atom stereocenters. The zero-order valence-corrected chi connectivity index (χ0v) is 16.6. The fraction of sp³-hybridized carbons (Fsp3) is 0.143. The predicted octanol–water partition coefficient (Wildman–Crippen LogP) is 3.47. The summed E-state index contributed by atoms with van der Waals surface area (Å²) >= 11 is 0. The van der Waals surface area contributed by atoms with Crippen LogP contribution in [0.2, 0.25) is 0 Å². The maximum atomic E-state index is 13.2. The molecule has 2 heterocycles. The molecule has 4 aromatic rings. The van der Waals surface area contributed by atoms with Gasteiger partial charge in [-0.3, -0.25) is 4.79 Å². The summed E-state index contributed by atoms with van der Waals surface area (Å²) in [6.45, 7) is 3.57. The van der Waals surface area contributed by atoms with Crippen molar-refractivity contribution in [2.75, 3.05) is 12.4 Å². The van der Waals surface area contributed by atoms with Crippen LogP contribution in [-0.2, 0) is 0 Å². The van der Waals surface area contributed by atoms with Crippen molar-refractivity contribution in [3.05, 3.63) is 77.5 Å². The Bertz CT molecular complexity index is 1200. The number of carbonyl (C=O) groups excluding carboxylic acids is 1. The SMILES string of the molecule is COc1ccc(-n2nnc(C(=O)Nc3cc(C)nn3-c3ccc(F)cc3)c2C)cc1. The number of aromatic nitrogens is 5. The molecule has 0 spiro atoms. The highest BCUT2D eigenvalue weighted by Crippen LogP contribution is 2.20. The van der Waals surface area contributed by atoms with Gasteiger partial charge in [0.05, 0.1) is 29.9 Å². The van der Waals surface area contributed by atoms with Gasteiger partial charge in [-0.05, 0) is 62.4 Å². The smallest absolute Gasteiger partial charge is 0.279 e. The fourth-order valence-corrected chi connectivity index (χ4v) is 3.05. The van der Waals surface area contributed by atoms with Gasteiger partial charge in [0.2, 0.25) is 0 Å². The molecule has 0 bridgehead atoms. The number of anilines is 1. The number of halogens is 1. The first-order chi connectivity index (χ1) is 14.5. The highest BCUT2D eigenvalue weighted by Gasteiger charge is 2.20. The molecular formula is C21H19FN6O2. The van der Waals surface area contributed by atoms with Crippen molar-refractivity contribution in [2.24, 2.45) is 0 Å². The highest BCUT2D eigenvalue weighted by molar-refractivity contribution is 6.03. The molecule has 0 unspecified atom stereocenters. The maximum Gasteiger partial charge on any atom is 0.279 e. The molecule has 152 valence electrons. The molecule has 1 amide bonds. The summed E-state index contributed by atoms with van der Waals surface area (Å²) in [5.41, 5.74) is 2.86. The first kappa shape index (κ1) is 19.3. The number of nitrogens with one attached hydrogen (secondary N) is 1. The van der Waals surface area contributed by atoms with Gasteiger partial charge in [0, 0.05) is 6.07 Å². The summed E-state index contributed by atoms with van der Waals surface area (Å²) in [5, 5.41) is 15.3. The van der Waals surface area contributed by atoms with Gasteiger partial charge in [0.1, 0.15) is 17.4 Å². The number of rotatable bonds is 5. The Hall–Kier alpha value is -4.01. The van der Waals surface area contributed by atoms with Gasteiger partial charge in [-0.15, -0.1) is 5.10 Å². The van der Waals surface area contributed by atoms with Crippen LogP contribution in [0.5, 0.6) is 5.75 Å². The Labute approximate surface area is 171 Å². The average Bonchev–Trinajstić information content (AvgIpc) is 3.31. The van der Waals surface area contributed by atoms with Crippen molar-refractivity contribution in [1.29, 1.82) is 0 Å². The van der Waals surface area contributed by atoms with Crippen LogP contribution in [0.1, 0.15) is 21.9 Å². The van der Waals surface area contributed by atoms with Gasteiger partial charge in [-0.1, -0.05) is 5.21 Å². The molecule has 0 aliphatic rings. The van der Waals surface area contributed by atoms with Crippen LogP contribution >= 0.6 is 0 Å². The van der Waals surface area contributed by atoms with E-state index in [0.29, 0.717) is 22.9 Å². The molecule has 0 aliphatic carbocycles. The second kappa shape index (κ2) is 7.78. The van der Waals surface area contributed by atoms with E-state index < -0.39 is 5.91 Å². The number of amides is 1. The van der Waals surface area contributed by atoms with Crippen LogP contribution in [0.25, 0.3) is 11.4 Å². The van der Waals surface area contributed by atoms with Crippen LogP contribution in [0.15, 0.2) is 54.6 Å². The van der Waals surface area contributed by atoms with Crippen LogP contribution in [-0.4, -0.2) is 37.8 Å². The van der Waals surface area contributed by atoms with E-state index in [1.165, 1.54) is 16.8 Å². The van der Waals surface area contributed by atoms with Gasteiger partial charge in [-0.2, -0.15) is 5.10 Å². The third-order valence-corrected chi connectivity index (χ3v) is 4.57. The van der Waals surface area contributed by atoms with Crippen molar-refractivity contribution in [3.8, 4) is 17.1 Å². The Morgan fingerprint density at radius 2 is 1.63 bits per heavy atom. The fourth-order valence-electron chi connectivity index (χ4n) is 3.05. The molecule has 0 fully saturated rings. The standard InChI is InChI=1S/C21H19FN6O2/c1-13-12-19(28(25-13)17-6-4-15(22)5-7-17)23-21(29)20-14(2)27(26-24-20)16-8-10-18(30-3)11-9-16/h4-12H,1-3H3,(H,23,29). The summed E-state index contributed by atoms with van der Waals surface area (Å²) in [4.78, 5) is 12.9. The van der Waals surface area contributed by atoms with Crippen molar-refractivity contribution in [3.63, 3.8) is 0 Å². The van der Waals surface area contributed by atoms with Gasteiger partial charge in [0.15, 0.2) is 5.69 Å². The summed E-state index contributed by atoms with van der Waals surface area (Å²) in [6.07, 6.45) is 0. The molecule has 8 nitrogen and oxygen atoms in total. The number of ether oxygens (including phenoxy) is 1. The first-order valence-corrected chi connectivity index (χ1v) is 9.17. The monoisotopic (exact) mass is 406 g/mol. The molecule has 9 heteroatoms. The van der Waals surface area contributed by atoms with Gasteiger partial charge in [0.25, 0.3) is 5.91 Å². The molecule has 4 rings (SSSR count). The Kier molecular flexibility index (Phi) is 5.01. The lowest BCUT2D eigenvalue weighted by atomic mass is 10.2. The molecule has 0 saturated carbocycles. The summed E-state index contributed by atoms with van der Waals surface area (Å²) < 4.78 is 21.5. The van der Waals surface area contributed by atoms with E-state index in [0.717, 1.165) is 11.4 Å². The molecule has 2 aromatic heterocycles. The van der Waals surface area contributed by atoms with E-state index in [1.807, 2.05) is 12.1 Å². The maximum absolute atomic E-state index is 13.2. The molecule has 1 N–H and O–H groups in total. The number of hydrogen-bond acceptors (Lipinski definition) is 5. The zero-order valence-electron chi connectivity index (χ0n) is 16.6. The third kappa shape index (κ3) is 3.64. The second-order valence-corrected chi connectivity index (χ2v) is 6.65.